The van der Waals surface area contributed by atoms with Crippen molar-refractivity contribution < 1.29 is 43.1 Å². The van der Waals surface area contributed by atoms with Crippen LogP contribution in [-0.4, -0.2) is 113 Å². The van der Waals surface area contributed by atoms with Gasteiger partial charge >= 0.3 is 6.09 Å². The first-order chi connectivity index (χ1) is 15.9. The van der Waals surface area contributed by atoms with Gasteiger partial charge in [-0.05, 0) is 46.5 Å². The molecule has 2 fully saturated rings. The van der Waals surface area contributed by atoms with Crippen LogP contribution in [0.3, 0.4) is 0 Å². The Morgan fingerprint density at radius 2 is 1.55 bits per heavy atom. The van der Waals surface area contributed by atoms with Gasteiger partial charge in [-0.3, -0.25) is 0 Å². The highest BCUT2D eigenvalue weighted by Crippen LogP contribution is 2.23. The van der Waals surface area contributed by atoms with Gasteiger partial charge in [0.15, 0.2) is 6.29 Å². The summed E-state index contributed by atoms with van der Waals surface area (Å²) < 4.78 is 38.8. The number of hydrogen-bond donors (Lipinski definition) is 1. The molecule has 2 saturated heterocycles. The number of rotatable bonds is 15. The molecule has 194 valence electrons. The average molecular weight is 478 g/mol. The zero-order valence-corrected chi connectivity index (χ0v) is 20.5. The number of aliphatic hydroxyl groups is 1. The van der Waals surface area contributed by atoms with E-state index < -0.39 is 11.7 Å². The van der Waals surface area contributed by atoms with Crippen LogP contribution in [0.25, 0.3) is 0 Å². The van der Waals surface area contributed by atoms with Crippen LogP contribution < -0.4 is 0 Å². The molecule has 2 aliphatic heterocycles. The summed E-state index contributed by atoms with van der Waals surface area (Å²) in [6.45, 7) is 10.4. The molecular formula is C23H43NO9. The Morgan fingerprint density at radius 3 is 2.09 bits per heavy atom. The second-order valence-electron chi connectivity index (χ2n) is 9.20. The van der Waals surface area contributed by atoms with Crippen molar-refractivity contribution in [1.29, 1.82) is 0 Å². The van der Waals surface area contributed by atoms with E-state index in [9.17, 15) is 9.90 Å². The molecule has 0 spiro atoms. The number of likely N-dealkylation sites (tertiary alicyclic amines) is 1. The van der Waals surface area contributed by atoms with E-state index in [1.54, 1.807) is 4.90 Å². The largest absolute Gasteiger partial charge is 0.444 e. The van der Waals surface area contributed by atoms with Crippen LogP contribution in [-0.2, 0) is 33.2 Å². The molecule has 0 aromatic carbocycles. The quantitative estimate of drug-likeness (QED) is 0.354. The number of hydrogen-bond acceptors (Lipinski definition) is 9. The van der Waals surface area contributed by atoms with E-state index in [4.69, 9.17) is 33.2 Å². The maximum atomic E-state index is 12.3. The lowest BCUT2D eigenvalue weighted by atomic mass is 10.2. The highest BCUT2D eigenvalue weighted by atomic mass is 16.7. The van der Waals surface area contributed by atoms with Crippen molar-refractivity contribution in [1.82, 2.24) is 4.90 Å². The predicted octanol–water partition coefficient (Wildman–Crippen LogP) is 1.97. The molecule has 0 aliphatic carbocycles. The van der Waals surface area contributed by atoms with E-state index >= 15 is 0 Å². The van der Waals surface area contributed by atoms with E-state index in [-0.39, 0.29) is 25.0 Å². The van der Waals surface area contributed by atoms with E-state index in [1.165, 1.54) is 0 Å². The summed E-state index contributed by atoms with van der Waals surface area (Å²) in [5.74, 6) is 0. The summed E-state index contributed by atoms with van der Waals surface area (Å²) in [6, 6.07) is -0.284. The molecule has 0 radical (unpaired) electrons. The minimum Gasteiger partial charge on any atom is -0.444 e. The third-order valence-electron chi connectivity index (χ3n) is 5.21. The minimum atomic E-state index is -0.573. The lowest BCUT2D eigenvalue weighted by Crippen LogP contribution is -2.41. The third-order valence-corrected chi connectivity index (χ3v) is 5.21. The van der Waals surface area contributed by atoms with Crippen LogP contribution in [0.1, 0.15) is 46.5 Å². The van der Waals surface area contributed by atoms with Crippen molar-refractivity contribution in [2.45, 2.75) is 70.5 Å². The zero-order valence-electron chi connectivity index (χ0n) is 20.5. The van der Waals surface area contributed by atoms with Crippen LogP contribution in [0, 0.1) is 0 Å². The van der Waals surface area contributed by atoms with Crippen LogP contribution in [0.4, 0.5) is 4.79 Å². The first-order valence-electron chi connectivity index (χ1n) is 12.1. The van der Waals surface area contributed by atoms with Crippen molar-refractivity contribution >= 4 is 6.09 Å². The molecule has 10 nitrogen and oxygen atoms in total. The Kier molecular flexibility index (Phi) is 13.5. The highest BCUT2D eigenvalue weighted by molar-refractivity contribution is 5.69. The molecule has 33 heavy (non-hydrogen) atoms. The molecule has 2 aliphatic rings. The van der Waals surface area contributed by atoms with Gasteiger partial charge in [0.2, 0.25) is 0 Å². The maximum absolute atomic E-state index is 12.3. The molecule has 10 heteroatoms. The fourth-order valence-corrected chi connectivity index (χ4v) is 3.61. The molecule has 1 N–H and O–H groups in total. The summed E-state index contributed by atoms with van der Waals surface area (Å²) >= 11 is 0. The first kappa shape index (κ1) is 28.2. The number of carbonyl (C=O) groups is 1. The summed E-state index contributed by atoms with van der Waals surface area (Å²) in [5.41, 5.74) is -0.573. The van der Waals surface area contributed by atoms with Crippen molar-refractivity contribution in [2.24, 2.45) is 0 Å². The SMILES string of the molecule is CC(C)(C)OC(=O)N1C[C@H](OCCOCCOCCOCCOC2CCCCO2)C[C@H]1CO. The molecule has 0 aromatic rings. The number of ether oxygens (including phenoxy) is 7. The fraction of sp³-hybridized carbons (Fsp3) is 0.957. The Balaban J connectivity index is 1.39. The topological polar surface area (TPSA) is 105 Å². The smallest absolute Gasteiger partial charge is 0.410 e. The minimum absolute atomic E-state index is 0.0755. The summed E-state index contributed by atoms with van der Waals surface area (Å²) in [7, 11) is 0. The number of amides is 1. The van der Waals surface area contributed by atoms with Gasteiger partial charge in [-0.1, -0.05) is 0 Å². The van der Waals surface area contributed by atoms with Gasteiger partial charge in [-0.25, -0.2) is 4.79 Å². The van der Waals surface area contributed by atoms with Crippen LogP contribution in [0.5, 0.6) is 0 Å². The molecule has 0 bridgehead atoms. The lowest BCUT2D eigenvalue weighted by molar-refractivity contribution is -0.169. The highest BCUT2D eigenvalue weighted by Gasteiger charge is 2.37. The normalized spacial score (nSPS) is 23.8. The van der Waals surface area contributed by atoms with Crippen LogP contribution >= 0.6 is 0 Å². The molecule has 1 unspecified atom stereocenters. The van der Waals surface area contributed by atoms with Gasteiger partial charge in [-0.2, -0.15) is 0 Å². The zero-order chi connectivity index (χ0) is 23.9. The van der Waals surface area contributed by atoms with Crippen molar-refractivity contribution in [3.8, 4) is 0 Å². The van der Waals surface area contributed by atoms with E-state index in [0.29, 0.717) is 65.8 Å². The predicted molar refractivity (Wildman–Crippen MR) is 120 cm³/mol. The number of aliphatic hydroxyl groups excluding tert-OH is 1. The number of carbonyl (C=O) groups excluding carboxylic acids is 1. The average Bonchev–Trinajstić information content (AvgIpc) is 3.20. The molecule has 2 rings (SSSR count). The summed E-state index contributed by atoms with van der Waals surface area (Å²) in [4.78, 5) is 13.8. The maximum Gasteiger partial charge on any atom is 0.410 e. The standard InChI is InChI=1S/C23H43NO9/c1-23(2,3)33-22(26)24-17-20(16-19(24)18-25)30-14-12-28-10-8-27-9-11-29-13-15-32-21-6-4-5-7-31-21/h19-21,25H,4-18H2,1-3H3/t19-,20+,21?/m0/s1. The second kappa shape index (κ2) is 15.8. The monoisotopic (exact) mass is 477 g/mol. The van der Waals surface area contributed by atoms with Gasteiger partial charge in [-0.15, -0.1) is 0 Å². The molecule has 1 amide bonds. The number of nitrogens with zero attached hydrogens (tertiary/aromatic N) is 1. The first-order valence-corrected chi connectivity index (χ1v) is 12.1. The van der Waals surface area contributed by atoms with Gasteiger partial charge in [0.25, 0.3) is 0 Å². The molecule has 2 heterocycles. The lowest BCUT2D eigenvalue weighted by Gasteiger charge is -2.27. The van der Waals surface area contributed by atoms with E-state index in [0.717, 1.165) is 25.9 Å². The van der Waals surface area contributed by atoms with Crippen molar-refractivity contribution in [3.05, 3.63) is 0 Å². The Morgan fingerprint density at radius 1 is 0.939 bits per heavy atom. The Hall–Kier alpha value is -1.01. The summed E-state index contributed by atoms with van der Waals surface area (Å²) in [5, 5.41) is 9.56. The van der Waals surface area contributed by atoms with Gasteiger partial charge in [0, 0.05) is 6.61 Å². The third kappa shape index (κ3) is 12.3. The van der Waals surface area contributed by atoms with Gasteiger partial charge in [0.1, 0.15) is 5.60 Å². The van der Waals surface area contributed by atoms with Crippen molar-refractivity contribution in [3.63, 3.8) is 0 Å². The molecule has 3 atom stereocenters. The molecule has 0 saturated carbocycles. The summed E-state index contributed by atoms with van der Waals surface area (Å²) in [6.07, 6.45) is 3.18. The van der Waals surface area contributed by atoms with E-state index in [2.05, 4.69) is 0 Å². The molecule has 0 aromatic heterocycles. The van der Waals surface area contributed by atoms with Gasteiger partial charge < -0.3 is 43.2 Å². The van der Waals surface area contributed by atoms with E-state index in [1.807, 2.05) is 20.8 Å². The Bertz CT molecular complexity index is 523. The second-order valence-corrected chi connectivity index (χ2v) is 9.20. The van der Waals surface area contributed by atoms with Crippen LogP contribution in [0.15, 0.2) is 0 Å². The van der Waals surface area contributed by atoms with Crippen LogP contribution in [0.2, 0.25) is 0 Å². The molecular weight excluding hydrogens is 434 g/mol. The Labute approximate surface area is 197 Å². The fourth-order valence-electron chi connectivity index (χ4n) is 3.61. The van der Waals surface area contributed by atoms with Crippen molar-refractivity contribution in [2.75, 3.05) is 72.6 Å². The van der Waals surface area contributed by atoms with Gasteiger partial charge in [0.05, 0.1) is 78.2 Å².